The first kappa shape index (κ1) is 22.1. The van der Waals surface area contributed by atoms with Crippen LogP contribution < -0.4 is 10.2 Å². The molecule has 7 nitrogen and oxygen atoms in total. The number of carbonyl (C=O) groups is 3. The molecule has 0 radical (unpaired) electrons. The highest BCUT2D eigenvalue weighted by molar-refractivity contribution is 5.96. The molecule has 1 atom stereocenters. The van der Waals surface area contributed by atoms with Crippen LogP contribution >= 0.6 is 0 Å². The Bertz CT molecular complexity index is 1180. The average Bonchev–Trinajstić information content (AvgIpc) is 3.54. The quantitative estimate of drug-likeness (QED) is 0.691. The number of esters is 1. The first-order chi connectivity index (χ1) is 17.0. The molecule has 2 amide bonds. The maximum atomic E-state index is 13.7. The van der Waals surface area contributed by atoms with Crippen molar-refractivity contribution in [2.75, 3.05) is 38.1 Å². The Kier molecular flexibility index (Phi) is 5.13. The van der Waals surface area contributed by atoms with Gasteiger partial charge in [0.1, 0.15) is 0 Å². The maximum absolute atomic E-state index is 13.7. The molecule has 2 saturated heterocycles. The summed E-state index contributed by atoms with van der Waals surface area (Å²) < 4.78 is 5.85. The van der Waals surface area contributed by atoms with Crippen LogP contribution in [0.25, 0.3) is 0 Å². The van der Waals surface area contributed by atoms with Crippen molar-refractivity contribution in [2.24, 2.45) is 5.92 Å². The molecule has 3 heterocycles. The van der Waals surface area contributed by atoms with Crippen LogP contribution in [0.4, 0.5) is 5.69 Å². The summed E-state index contributed by atoms with van der Waals surface area (Å²) in [6.07, 6.45) is 4.05. The third kappa shape index (κ3) is 3.51. The van der Waals surface area contributed by atoms with E-state index < -0.39 is 11.0 Å². The SMILES string of the molecule is CNC(=O)C1CCN(c2ccc(C3(C(=O)N4CC[C@@]5(C4)OC(=O)c4ccccc45)CC3)cc2)CC1. The minimum absolute atomic E-state index is 0.0951. The van der Waals surface area contributed by atoms with Gasteiger partial charge in [-0.15, -0.1) is 0 Å². The van der Waals surface area contributed by atoms with Gasteiger partial charge in [0.15, 0.2) is 5.60 Å². The molecule has 2 aromatic rings. The number of nitrogens with one attached hydrogen (secondary N) is 1. The molecule has 7 heteroatoms. The van der Waals surface area contributed by atoms with E-state index in [9.17, 15) is 14.4 Å². The second kappa shape index (κ2) is 8.11. The van der Waals surface area contributed by atoms with Crippen molar-refractivity contribution in [3.63, 3.8) is 0 Å². The van der Waals surface area contributed by atoms with Gasteiger partial charge in [0, 0.05) is 50.3 Å². The minimum atomic E-state index is -0.704. The molecule has 0 unspecified atom stereocenters. The van der Waals surface area contributed by atoms with E-state index in [1.165, 1.54) is 0 Å². The number of carbonyl (C=O) groups excluding carboxylic acids is 3. The lowest BCUT2D eigenvalue weighted by Gasteiger charge is -2.33. The van der Waals surface area contributed by atoms with Gasteiger partial charge in [0.2, 0.25) is 11.8 Å². The molecule has 1 spiro atoms. The van der Waals surface area contributed by atoms with Gasteiger partial charge >= 0.3 is 5.97 Å². The number of anilines is 1. The number of amides is 2. The summed E-state index contributed by atoms with van der Waals surface area (Å²) in [5.41, 5.74) is 2.58. The van der Waals surface area contributed by atoms with Crippen molar-refractivity contribution in [3.05, 3.63) is 65.2 Å². The summed E-state index contributed by atoms with van der Waals surface area (Å²) in [6, 6.07) is 16.0. The lowest BCUT2D eigenvalue weighted by Crippen LogP contribution is -2.40. The number of likely N-dealkylation sites (tertiary alicyclic amines) is 1. The molecule has 0 bridgehead atoms. The van der Waals surface area contributed by atoms with Crippen molar-refractivity contribution in [3.8, 4) is 0 Å². The van der Waals surface area contributed by atoms with Gasteiger partial charge in [0.05, 0.1) is 17.5 Å². The lowest BCUT2D eigenvalue weighted by atomic mass is 9.91. The summed E-state index contributed by atoms with van der Waals surface area (Å²) in [6.45, 7) is 2.74. The van der Waals surface area contributed by atoms with E-state index in [1.807, 2.05) is 29.2 Å². The predicted octanol–water partition coefficient (Wildman–Crippen LogP) is 2.98. The molecule has 182 valence electrons. The molecule has 6 rings (SSSR count). The van der Waals surface area contributed by atoms with Crippen molar-refractivity contribution < 1.29 is 19.1 Å². The van der Waals surface area contributed by atoms with Crippen molar-refractivity contribution in [2.45, 2.75) is 43.1 Å². The number of nitrogens with zero attached hydrogens (tertiary/aromatic N) is 2. The van der Waals surface area contributed by atoms with Crippen LogP contribution in [0.5, 0.6) is 0 Å². The van der Waals surface area contributed by atoms with Gasteiger partial charge in [0.25, 0.3) is 0 Å². The highest BCUT2D eigenvalue weighted by atomic mass is 16.6. The molecular weight excluding hydrogens is 442 g/mol. The van der Waals surface area contributed by atoms with Crippen LogP contribution in [0.1, 0.15) is 53.6 Å². The first-order valence-electron chi connectivity index (χ1n) is 12.7. The largest absolute Gasteiger partial charge is 0.449 e. The summed E-state index contributed by atoms with van der Waals surface area (Å²) in [5, 5.41) is 2.76. The molecule has 3 aliphatic heterocycles. The van der Waals surface area contributed by atoms with Gasteiger partial charge in [-0.05, 0) is 49.4 Å². The standard InChI is InChI=1S/C28H31N3O4/c1-29-24(32)19-10-15-30(16-11-19)21-8-6-20(7-9-21)27(12-13-27)26(34)31-17-14-28(18-31)23-5-3-2-4-22(23)25(33)35-28/h2-9,19H,10-18H2,1H3,(H,29,32)/t28-/m0/s1. The fourth-order valence-corrected chi connectivity index (χ4v) is 6.25. The third-order valence-corrected chi connectivity index (χ3v) is 8.50. The zero-order chi connectivity index (χ0) is 24.2. The molecule has 0 aromatic heterocycles. The lowest BCUT2D eigenvalue weighted by molar-refractivity contribution is -0.134. The molecule has 4 aliphatic rings. The molecule has 1 aliphatic carbocycles. The fraction of sp³-hybridized carbons (Fsp3) is 0.464. The zero-order valence-corrected chi connectivity index (χ0v) is 20.1. The Morgan fingerprint density at radius 2 is 1.69 bits per heavy atom. The Hall–Kier alpha value is -3.35. The Balaban J connectivity index is 1.15. The number of hydrogen-bond acceptors (Lipinski definition) is 5. The highest BCUT2D eigenvalue weighted by Gasteiger charge is 2.57. The monoisotopic (exact) mass is 473 g/mol. The van der Waals surface area contributed by atoms with Crippen LogP contribution in [-0.2, 0) is 25.3 Å². The van der Waals surface area contributed by atoms with Crippen LogP contribution in [0, 0.1) is 5.92 Å². The Morgan fingerprint density at radius 3 is 2.37 bits per heavy atom. The number of benzene rings is 2. The topological polar surface area (TPSA) is 79.0 Å². The van der Waals surface area contributed by atoms with E-state index in [4.69, 9.17) is 4.74 Å². The molecule has 3 fully saturated rings. The van der Waals surface area contributed by atoms with E-state index in [1.54, 1.807) is 7.05 Å². The second-order valence-corrected chi connectivity index (χ2v) is 10.4. The summed E-state index contributed by atoms with van der Waals surface area (Å²) >= 11 is 0. The normalized spacial score (nSPS) is 24.9. The summed E-state index contributed by atoms with van der Waals surface area (Å²) in [5.74, 6) is 0.0893. The number of hydrogen-bond donors (Lipinski definition) is 1. The van der Waals surface area contributed by atoms with E-state index in [0.717, 1.165) is 55.6 Å². The van der Waals surface area contributed by atoms with Crippen LogP contribution in [0.15, 0.2) is 48.5 Å². The number of ether oxygens (including phenoxy) is 1. The Morgan fingerprint density at radius 1 is 0.971 bits per heavy atom. The molecule has 35 heavy (non-hydrogen) atoms. The Labute approximate surface area is 205 Å². The summed E-state index contributed by atoms with van der Waals surface area (Å²) in [7, 11) is 1.70. The van der Waals surface area contributed by atoms with E-state index in [0.29, 0.717) is 25.1 Å². The van der Waals surface area contributed by atoms with Gasteiger partial charge in [-0.3, -0.25) is 9.59 Å². The molecule has 1 saturated carbocycles. The zero-order valence-electron chi connectivity index (χ0n) is 20.1. The minimum Gasteiger partial charge on any atom is -0.449 e. The third-order valence-electron chi connectivity index (χ3n) is 8.50. The van der Waals surface area contributed by atoms with Gasteiger partial charge in [-0.2, -0.15) is 0 Å². The van der Waals surface area contributed by atoms with Crippen molar-refractivity contribution in [1.82, 2.24) is 10.2 Å². The van der Waals surface area contributed by atoms with E-state index in [-0.39, 0.29) is 23.7 Å². The molecular formula is C28H31N3O4. The van der Waals surface area contributed by atoms with Crippen molar-refractivity contribution >= 4 is 23.5 Å². The van der Waals surface area contributed by atoms with Gasteiger partial charge < -0.3 is 19.9 Å². The van der Waals surface area contributed by atoms with Gasteiger partial charge in [-0.1, -0.05) is 30.3 Å². The number of rotatable bonds is 4. The number of piperidine rings is 1. The molecule has 1 N–H and O–H groups in total. The maximum Gasteiger partial charge on any atom is 0.339 e. The van der Waals surface area contributed by atoms with E-state index >= 15 is 0 Å². The average molecular weight is 474 g/mol. The van der Waals surface area contributed by atoms with Crippen LogP contribution in [0.2, 0.25) is 0 Å². The van der Waals surface area contributed by atoms with Crippen molar-refractivity contribution in [1.29, 1.82) is 0 Å². The smallest absolute Gasteiger partial charge is 0.339 e. The van der Waals surface area contributed by atoms with E-state index in [2.05, 4.69) is 34.5 Å². The summed E-state index contributed by atoms with van der Waals surface area (Å²) in [4.78, 5) is 42.3. The number of fused-ring (bicyclic) bond motifs is 2. The highest BCUT2D eigenvalue weighted by Crippen LogP contribution is 2.52. The van der Waals surface area contributed by atoms with Crippen LogP contribution in [-0.4, -0.2) is 55.9 Å². The first-order valence-corrected chi connectivity index (χ1v) is 12.7. The van der Waals surface area contributed by atoms with Gasteiger partial charge in [-0.25, -0.2) is 4.79 Å². The predicted molar refractivity (Wildman–Crippen MR) is 131 cm³/mol. The van der Waals surface area contributed by atoms with Crippen LogP contribution in [0.3, 0.4) is 0 Å². The fourth-order valence-electron chi connectivity index (χ4n) is 6.25. The second-order valence-electron chi connectivity index (χ2n) is 10.4. The molecule has 2 aromatic carbocycles.